The van der Waals surface area contributed by atoms with Gasteiger partial charge in [-0.15, -0.1) is 0 Å². The SMILES string of the molecule is CCN(Cc1cccc(F)c1)C(=O)c1cc(N)cn1C. The van der Waals surface area contributed by atoms with Gasteiger partial charge in [-0.1, -0.05) is 12.1 Å². The summed E-state index contributed by atoms with van der Waals surface area (Å²) in [5.41, 5.74) is 7.54. The highest BCUT2D eigenvalue weighted by Crippen LogP contribution is 2.14. The van der Waals surface area contributed by atoms with Crippen molar-refractivity contribution in [2.24, 2.45) is 7.05 Å². The number of hydrogen-bond acceptors (Lipinski definition) is 2. The molecule has 0 spiro atoms. The van der Waals surface area contributed by atoms with E-state index in [2.05, 4.69) is 0 Å². The molecule has 0 unspecified atom stereocenters. The monoisotopic (exact) mass is 275 g/mol. The van der Waals surface area contributed by atoms with Crippen molar-refractivity contribution in [3.05, 3.63) is 53.6 Å². The van der Waals surface area contributed by atoms with Crippen LogP contribution in [0.2, 0.25) is 0 Å². The van der Waals surface area contributed by atoms with Crippen LogP contribution in [0, 0.1) is 5.82 Å². The van der Waals surface area contributed by atoms with Gasteiger partial charge in [0.1, 0.15) is 11.5 Å². The standard InChI is InChI=1S/C15H18FN3O/c1-3-19(9-11-5-4-6-12(16)7-11)15(20)14-8-13(17)10-18(14)2/h4-8,10H,3,9,17H2,1-2H3. The van der Waals surface area contributed by atoms with Gasteiger partial charge in [0, 0.05) is 26.3 Å². The van der Waals surface area contributed by atoms with Gasteiger partial charge in [-0.2, -0.15) is 0 Å². The van der Waals surface area contributed by atoms with Gasteiger partial charge in [0.05, 0.1) is 5.69 Å². The van der Waals surface area contributed by atoms with Gasteiger partial charge in [0.15, 0.2) is 0 Å². The second kappa shape index (κ2) is 5.77. The Morgan fingerprint density at radius 1 is 1.40 bits per heavy atom. The molecule has 1 aromatic carbocycles. The number of amides is 1. The predicted octanol–water partition coefficient (Wildman–Crippen LogP) is 2.41. The molecule has 2 N–H and O–H groups in total. The van der Waals surface area contributed by atoms with Crippen LogP contribution in [-0.2, 0) is 13.6 Å². The molecule has 0 aliphatic rings. The van der Waals surface area contributed by atoms with Crippen LogP contribution in [0.1, 0.15) is 23.0 Å². The molecule has 0 saturated carbocycles. The van der Waals surface area contributed by atoms with Crippen LogP contribution in [0.15, 0.2) is 36.5 Å². The number of aryl methyl sites for hydroxylation is 1. The van der Waals surface area contributed by atoms with E-state index in [9.17, 15) is 9.18 Å². The number of rotatable bonds is 4. The van der Waals surface area contributed by atoms with Crippen molar-refractivity contribution in [3.8, 4) is 0 Å². The van der Waals surface area contributed by atoms with Gasteiger partial charge >= 0.3 is 0 Å². The molecule has 106 valence electrons. The van der Waals surface area contributed by atoms with E-state index >= 15 is 0 Å². The van der Waals surface area contributed by atoms with Crippen molar-refractivity contribution < 1.29 is 9.18 Å². The van der Waals surface area contributed by atoms with Crippen molar-refractivity contribution in [1.82, 2.24) is 9.47 Å². The third-order valence-electron chi connectivity index (χ3n) is 3.18. The molecule has 1 aromatic heterocycles. The summed E-state index contributed by atoms with van der Waals surface area (Å²) in [5.74, 6) is -0.412. The Labute approximate surface area is 117 Å². The molecule has 2 aromatic rings. The second-order valence-electron chi connectivity index (χ2n) is 4.72. The Kier molecular flexibility index (Phi) is 4.08. The summed E-state index contributed by atoms with van der Waals surface area (Å²) < 4.78 is 14.9. The molecule has 4 nitrogen and oxygen atoms in total. The van der Waals surface area contributed by atoms with Crippen molar-refractivity contribution in [3.63, 3.8) is 0 Å². The Balaban J connectivity index is 2.20. The number of anilines is 1. The second-order valence-corrected chi connectivity index (χ2v) is 4.72. The smallest absolute Gasteiger partial charge is 0.270 e. The fourth-order valence-electron chi connectivity index (χ4n) is 2.15. The fourth-order valence-corrected chi connectivity index (χ4v) is 2.15. The molecule has 0 fully saturated rings. The number of nitrogens with zero attached hydrogens (tertiary/aromatic N) is 2. The zero-order valence-corrected chi connectivity index (χ0v) is 11.6. The molecule has 0 saturated heterocycles. The lowest BCUT2D eigenvalue weighted by molar-refractivity contribution is 0.0743. The van der Waals surface area contributed by atoms with E-state index in [1.165, 1.54) is 12.1 Å². The van der Waals surface area contributed by atoms with Crippen molar-refractivity contribution in [2.45, 2.75) is 13.5 Å². The largest absolute Gasteiger partial charge is 0.397 e. The van der Waals surface area contributed by atoms with Crippen LogP contribution in [0.3, 0.4) is 0 Å². The number of benzene rings is 1. The molecule has 2 rings (SSSR count). The number of hydrogen-bond donors (Lipinski definition) is 1. The summed E-state index contributed by atoms with van der Waals surface area (Å²) in [6.07, 6.45) is 1.70. The topological polar surface area (TPSA) is 51.3 Å². The average Bonchev–Trinajstić information content (AvgIpc) is 2.74. The van der Waals surface area contributed by atoms with Gasteiger partial charge < -0.3 is 15.2 Å². The molecular formula is C15H18FN3O. The van der Waals surface area contributed by atoms with Crippen LogP contribution >= 0.6 is 0 Å². The molecular weight excluding hydrogens is 257 g/mol. The lowest BCUT2D eigenvalue weighted by Crippen LogP contribution is -2.31. The highest BCUT2D eigenvalue weighted by atomic mass is 19.1. The first kappa shape index (κ1) is 14.1. The van der Waals surface area contributed by atoms with Crippen LogP contribution in [0.25, 0.3) is 0 Å². The Hall–Kier alpha value is -2.30. The van der Waals surface area contributed by atoms with E-state index in [1.807, 2.05) is 6.92 Å². The molecule has 5 heteroatoms. The highest BCUT2D eigenvalue weighted by molar-refractivity contribution is 5.93. The molecule has 0 aliphatic heterocycles. The van der Waals surface area contributed by atoms with Gasteiger partial charge in [0.25, 0.3) is 5.91 Å². The fraction of sp³-hybridized carbons (Fsp3) is 0.267. The quantitative estimate of drug-likeness (QED) is 0.931. The molecule has 20 heavy (non-hydrogen) atoms. The van der Waals surface area contributed by atoms with Crippen molar-refractivity contribution >= 4 is 11.6 Å². The number of carbonyl (C=O) groups is 1. The van der Waals surface area contributed by atoms with E-state index in [4.69, 9.17) is 5.73 Å². The first-order chi connectivity index (χ1) is 9.51. The lowest BCUT2D eigenvalue weighted by Gasteiger charge is -2.21. The van der Waals surface area contributed by atoms with Crippen LogP contribution < -0.4 is 5.73 Å². The number of carbonyl (C=O) groups excluding carboxylic acids is 1. The molecule has 0 atom stereocenters. The maximum absolute atomic E-state index is 13.2. The minimum atomic E-state index is -0.297. The number of nitrogen functional groups attached to an aromatic ring is 1. The Bertz CT molecular complexity index is 621. The molecule has 0 bridgehead atoms. The van der Waals surface area contributed by atoms with Crippen molar-refractivity contribution in [1.29, 1.82) is 0 Å². The van der Waals surface area contributed by atoms with Gasteiger partial charge in [-0.05, 0) is 30.7 Å². The zero-order valence-electron chi connectivity index (χ0n) is 11.6. The van der Waals surface area contributed by atoms with E-state index in [-0.39, 0.29) is 11.7 Å². The Morgan fingerprint density at radius 2 is 2.15 bits per heavy atom. The van der Waals surface area contributed by atoms with Gasteiger partial charge in [0.2, 0.25) is 0 Å². The van der Waals surface area contributed by atoms with Gasteiger partial charge in [-0.25, -0.2) is 4.39 Å². The number of aromatic nitrogens is 1. The summed E-state index contributed by atoms with van der Waals surface area (Å²) >= 11 is 0. The highest BCUT2D eigenvalue weighted by Gasteiger charge is 2.18. The van der Waals surface area contributed by atoms with Crippen molar-refractivity contribution in [2.75, 3.05) is 12.3 Å². The maximum atomic E-state index is 13.2. The minimum Gasteiger partial charge on any atom is -0.397 e. The molecule has 1 heterocycles. The van der Waals surface area contributed by atoms with E-state index in [0.29, 0.717) is 24.5 Å². The number of halogens is 1. The summed E-state index contributed by atoms with van der Waals surface area (Å²) in [7, 11) is 1.78. The first-order valence-corrected chi connectivity index (χ1v) is 6.46. The number of nitrogens with two attached hydrogens (primary N) is 1. The Morgan fingerprint density at radius 3 is 2.70 bits per heavy atom. The normalized spacial score (nSPS) is 10.6. The third-order valence-corrected chi connectivity index (χ3v) is 3.18. The first-order valence-electron chi connectivity index (χ1n) is 6.46. The molecule has 1 amide bonds. The predicted molar refractivity (Wildman–Crippen MR) is 76.6 cm³/mol. The average molecular weight is 275 g/mol. The van der Waals surface area contributed by atoms with Crippen LogP contribution in [0.5, 0.6) is 0 Å². The molecule has 0 radical (unpaired) electrons. The minimum absolute atomic E-state index is 0.115. The van der Waals surface area contributed by atoms with E-state index < -0.39 is 0 Å². The summed E-state index contributed by atoms with van der Waals surface area (Å²) in [4.78, 5) is 14.1. The van der Waals surface area contributed by atoms with Crippen LogP contribution in [0.4, 0.5) is 10.1 Å². The third kappa shape index (κ3) is 2.99. The summed E-state index contributed by atoms with van der Waals surface area (Å²) in [6.45, 7) is 2.81. The van der Waals surface area contributed by atoms with Crippen LogP contribution in [-0.4, -0.2) is 21.9 Å². The zero-order chi connectivity index (χ0) is 14.7. The van der Waals surface area contributed by atoms with Gasteiger partial charge in [-0.3, -0.25) is 4.79 Å². The summed E-state index contributed by atoms with van der Waals surface area (Å²) in [6, 6.07) is 7.92. The van der Waals surface area contributed by atoms with E-state index in [0.717, 1.165) is 5.56 Å². The van der Waals surface area contributed by atoms with E-state index in [1.54, 1.807) is 40.9 Å². The summed E-state index contributed by atoms with van der Waals surface area (Å²) in [5, 5.41) is 0. The maximum Gasteiger partial charge on any atom is 0.270 e. The molecule has 0 aliphatic carbocycles. The lowest BCUT2D eigenvalue weighted by atomic mass is 10.2.